The maximum absolute atomic E-state index is 5.84. The number of hydrogen-bond acceptors (Lipinski definition) is 3. The Morgan fingerprint density at radius 1 is 1.44 bits per heavy atom. The van der Waals surface area contributed by atoms with Gasteiger partial charge in [0.2, 0.25) is 0 Å². The van der Waals surface area contributed by atoms with Crippen LogP contribution in [0.5, 0.6) is 11.5 Å². The summed E-state index contributed by atoms with van der Waals surface area (Å²) in [5.41, 5.74) is 6.98. The van der Waals surface area contributed by atoms with E-state index in [9.17, 15) is 0 Å². The third kappa shape index (κ3) is 3.62. The predicted molar refractivity (Wildman–Crippen MR) is 76.3 cm³/mol. The lowest BCUT2D eigenvalue weighted by molar-refractivity contribution is 0.278. The Hall–Kier alpha value is -0.740. The molecular weight excluding hydrogens is 294 g/mol. The molecule has 3 nitrogen and oxygen atoms in total. The van der Waals surface area contributed by atoms with Crippen molar-refractivity contribution in [2.75, 3.05) is 13.7 Å². The summed E-state index contributed by atoms with van der Waals surface area (Å²) in [4.78, 5) is 0. The van der Waals surface area contributed by atoms with E-state index in [1.807, 2.05) is 13.0 Å². The zero-order valence-electron chi connectivity index (χ0n) is 10.9. The Bertz CT molecular complexity index is 417. The molecule has 1 aromatic carbocycles. The van der Waals surface area contributed by atoms with Crippen molar-refractivity contribution in [3.8, 4) is 11.5 Å². The molecule has 0 saturated heterocycles. The van der Waals surface area contributed by atoms with Gasteiger partial charge in [-0.15, -0.1) is 0 Å². The van der Waals surface area contributed by atoms with E-state index in [4.69, 9.17) is 15.2 Å². The van der Waals surface area contributed by atoms with Gasteiger partial charge >= 0.3 is 0 Å². The Labute approximate surface area is 117 Å². The van der Waals surface area contributed by atoms with Crippen molar-refractivity contribution in [2.45, 2.75) is 32.2 Å². The van der Waals surface area contributed by atoms with E-state index < -0.39 is 0 Å². The van der Waals surface area contributed by atoms with Gasteiger partial charge in [-0.3, -0.25) is 0 Å². The van der Waals surface area contributed by atoms with Gasteiger partial charge < -0.3 is 15.2 Å². The second-order valence-electron chi connectivity index (χ2n) is 5.04. The van der Waals surface area contributed by atoms with Crippen LogP contribution in [-0.4, -0.2) is 19.8 Å². The van der Waals surface area contributed by atoms with Crippen molar-refractivity contribution in [1.82, 2.24) is 0 Å². The fraction of sp³-hybridized carbons (Fsp3) is 0.571. The molecule has 1 aliphatic carbocycles. The summed E-state index contributed by atoms with van der Waals surface area (Å²) in [5.74, 6) is 2.31. The van der Waals surface area contributed by atoms with Gasteiger partial charge in [0.25, 0.3) is 0 Å². The Kier molecular flexibility index (Phi) is 4.51. The maximum Gasteiger partial charge on any atom is 0.175 e. The first-order valence-corrected chi connectivity index (χ1v) is 7.14. The molecule has 4 heteroatoms. The smallest absolute Gasteiger partial charge is 0.175 e. The lowest BCUT2D eigenvalue weighted by Gasteiger charge is -2.15. The molecule has 100 valence electrons. The second kappa shape index (κ2) is 5.93. The van der Waals surface area contributed by atoms with Gasteiger partial charge in [0.05, 0.1) is 18.2 Å². The molecule has 18 heavy (non-hydrogen) atoms. The third-order valence-electron chi connectivity index (χ3n) is 3.01. The van der Waals surface area contributed by atoms with Crippen molar-refractivity contribution < 1.29 is 9.47 Å². The summed E-state index contributed by atoms with van der Waals surface area (Å²) < 4.78 is 12.2. The molecule has 0 aliphatic heterocycles. The molecule has 0 bridgehead atoms. The van der Waals surface area contributed by atoms with E-state index in [2.05, 4.69) is 22.0 Å². The SMILES string of the molecule is COc1cc(CC(C)N)cc(Br)c1OCC1CC1. The number of methoxy groups -OCH3 is 1. The molecule has 0 aromatic heterocycles. The molecular formula is C14H20BrNO2. The van der Waals surface area contributed by atoms with Crippen LogP contribution in [0.2, 0.25) is 0 Å². The molecule has 0 radical (unpaired) electrons. The van der Waals surface area contributed by atoms with Gasteiger partial charge in [-0.25, -0.2) is 0 Å². The summed E-state index contributed by atoms with van der Waals surface area (Å²) in [6.07, 6.45) is 3.39. The van der Waals surface area contributed by atoms with Gasteiger partial charge in [-0.05, 0) is 65.7 Å². The highest BCUT2D eigenvalue weighted by molar-refractivity contribution is 9.10. The lowest BCUT2D eigenvalue weighted by atomic mass is 10.1. The van der Waals surface area contributed by atoms with Gasteiger partial charge in [-0.2, -0.15) is 0 Å². The summed E-state index contributed by atoms with van der Waals surface area (Å²) in [5, 5.41) is 0. The Morgan fingerprint density at radius 2 is 2.17 bits per heavy atom. The van der Waals surface area contributed by atoms with E-state index in [1.54, 1.807) is 7.11 Å². The molecule has 0 amide bonds. The highest BCUT2D eigenvalue weighted by Crippen LogP contribution is 2.39. The first kappa shape index (κ1) is 13.7. The molecule has 1 fully saturated rings. The zero-order valence-corrected chi connectivity index (χ0v) is 12.5. The van der Waals surface area contributed by atoms with Crippen molar-refractivity contribution in [3.05, 3.63) is 22.2 Å². The van der Waals surface area contributed by atoms with Crippen LogP contribution in [0.1, 0.15) is 25.3 Å². The van der Waals surface area contributed by atoms with Crippen LogP contribution >= 0.6 is 15.9 Å². The average Bonchev–Trinajstić information content (AvgIpc) is 3.10. The van der Waals surface area contributed by atoms with Crippen LogP contribution in [-0.2, 0) is 6.42 Å². The van der Waals surface area contributed by atoms with Crippen molar-refractivity contribution in [3.63, 3.8) is 0 Å². The summed E-state index contributed by atoms with van der Waals surface area (Å²) >= 11 is 3.55. The van der Waals surface area contributed by atoms with Gasteiger partial charge in [0.15, 0.2) is 11.5 Å². The maximum atomic E-state index is 5.84. The fourth-order valence-corrected chi connectivity index (χ4v) is 2.49. The van der Waals surface area contributed by atoms with Crippen LogP contribution in [0.15, 0.2) is 16.6 Å². The van der Waals surface area contributed by atoms with Crippen LogP contribution in [0.4, 0.5) is 0 Å². The van der Waals surface area contributed by atoms with Crippen LogP contribution in [0.25, 0.3) is 0 Å². The fourth-order valence-electron chi connectivity index (χ4n) is 1.89. The molecule has 2 N–H and O–H groups in total. The highest BCUT2D eigenvalue weighted by atomic mass is 79.9. The monoisotopic (exact) mass is 313 g/mol. The minimum Gasteiger partial charge on any atom is -0.493 e. The van der Waals surface area contributed by atoms with E-state index in [-0.39, 0.29) is 6.04 Å². The quantitative estimate of drug-likeness (QED) is 0.877. The van der Waals surface area contributed by atoms with E-state index in [0.717, 1.165) is 40.5 Å². The molecule has 1 aromatic rings. The largest absolute Gasteiger partial charge is 0.493 e. The first-order chi connectivity index (χ1) is 8.60. The molecule has 0 spiro atoms. The summed E-state index contributed by atoms with van der Waals surface area (Å²) in [6.45, 7) is 2.78. The summed E-state index contributed by atoms with van der Waals surface area (Å²) in [7, 11) is 1.67. The molecule has 2 rings (SSSR count). The number of ether oxygens (including phenoxy) is 2. The number of rotatable bonds is 6. The standard InChI is InChI=1S/C14H20BrNO2/c1-9(16)5-11-6-12(15)14(13(7-11)17-2)18-8-10-3-4-10/h6-7,9-10H,3-5,8,16H2,1-2H3. The van der Waals surface area contributed by atoms with Crippen LogP contribution in [0, 0.1) is 5.92 Å². The highest BCUT2D eigenvalue weighted by Gasteiger charge is 2.23. The third-order valence-corrected chi connectivity index (χ3v) is 3.60. The summed E-state index contributed by atoms with van der Waals surface area (Å²) in [6, 6.07) is 4.21. The molecule has 1 atom stereocenters. The molecule has 0 heterocycles. The van der Waals surface area contributed by atoms with E-state index in [1.165, 1.54) is 12.8 Å². The number of hydrogen-bond donors (Lipinski definition) is 1. The van der Waals surface area contributed by atoms with Crippen molar-refractivity contribution in [1.29, 1.82) is 0 Å². The van der Waals surface area contributed by atoms with Crippen molar-refractivity contribution >= 4 is 15.9 Å². The Balaban J connectivity index is 2.16. The number of halogens is 1. The number of nitrogens with two attached hydrogens (primary N) is 1. The second-order valence-corrected chi connectivity index (χ2v) is 5.90. The first-order valence-electron chi connectivity index (χ1n) is 6.35. The van der Waals surface area contributed by atoms with Gasteiger partial charge in [-0.1, -0.05) is 0 Å². The van der Waals surface area contributed by atoms with Gasteiger partial charge in [0, 0.05) is 6.04 Å². The Morgan fingerprint density at radius 3 is 2.72 bits per heavy atom. The van der Waals surface area contributed by atoms with Crippen LogP contribution < -0.4 is 15.2 Å². The predicted octanol–water partition coefficient (Wildman–Crippen LogP) is 3.14. The minimum absolute atomic E-state index is 0.139. The topological polar surface area (TPSA) is 44.5 Å². The van der Waals surface area contributed by atoms with E-state index >= 15 is 0 Å². The lowest BCUT2D eigenvalue weighted by Crippen LogP contribution is -2.17. The minimum atomic E-state index is 0.139. The van der Waals surface area contributed by atoms with Crippen LogP contribution in [0.3, 0.4) is 0 Å². The molecule has 1 aliphatic rings. The van der Waals surface area contributed by atoms with Gasteiger partial charge in [0.1, 0.15) is 0 Å². The normalized spacial score (nSPS) is 16.4. The zero-order chi connectivity index (χ0) is 13.1. The van der Waals surface area contributed by atoms with E-state index in [0.29, 0.717) is 0 Å². The number of benzene rings is 1. The molecule has 1 unspecified atom stereocenters. The van der Waals surface area contributed by atoms with Crippen molar-refractivity contribution in [2.24, 2.45) is 11.7 Å². The average molecular weight is 314 g/mol. The molecule has 1 saturated carbocycles.